The van der Waals surface area contributed by atoms with E-state index in [4.69, 9.17) is 27.5 Å². The lowest BCUT2D eigenvalue weighted by Crippen LogP contribution is -2.24. The molecule has 9 nitrogen and oxygen atoms in total. The van der Waals surface area contributed by atoms with Crippen LogP contribution in [0.1, 0.15) is 24.5 Å². The van der Waals surface area contributed by atoms with E-state index in [9.17, 15) is 0 Å². The number of aliphatic hydroxyl groups excluding tert-OH is 2. The van der Waals surface area contributed by atoms with E-state index in [1.54, 1.807) is 0 Å². The second-order valence-electron chi connectivity index (χ2n) is 3.87. The second-order valence-corrected chi connectivity index (χ2v) is 3.87. The summed E-state index contributed by atoms with van der Waals surface area (Å²) in [5.74, 6) is 5.68. The van der Waals surface area contributed by atoms with E-state index >= 15 is 0 Å². The number of nitrogens with two attached hydrogens (primary N) is 3. The van der Waals surface area contributed by atoms with Gasteiger partial charge in [-0.25, -0.2) is 4.98 Å². The third kappa shape index (κ3) is 4.09. The van der Waals surface area contributed by atoms with Crippen LogP contribution in [0, 0.1) is 5.92 Å². The van der Waals surface area contributed by atoms with Crippen molar-refractivity contribution in [3.63, 3.8) is 0 Å². The molecule has 9 heteroatoms. The molecule has 0 amide bonds. The zero-order chi connectivity index (χ0) is 14.3. The van der Waals surface area contributed by atoms with Crippen LogP contribution in [-0.4, -0.2) is 44.1 Å². The fourth-order valence-electron chi connectivity index (χ4n) is 1.72. The molecule has 8 N–H and O–H groups in total. The van der Waals surface area contributed by atoms with Crippen LogP contribution in [0.4, 0.5) is 5.95 Å². The number of hydrogen-bond donors (Lipinski definition) is 5. The van der Waals surface area contributed by atoms with Gasteiger partial charge in [0.1, 0.15) is 11.5 Å². The standard InChI is InChI=1S/C10H19N7O2/c11-5-7-14-9(16-10(12)15-7)8(17-13)6(1-3-18)2-4-19/h6,18-19H,1-5,11,13H2,(H2,12,14,15,16). The zero-order valence-corrected chi connectivity index (χ0v) is 10.5. The second kappa shape index (κ2) is 7.56. The van der Waals surface area contributed by atoms with Gasteiger partial charge in [0.15, 0.2) is 5.82 Å². The Labute approximate surface area is 110 Å². The van der Waals surface area contributed by atoms with Gasteiger partial charge in [0.25, 0.3) is 0 Å². The molecule has 1 aromatic heterocycles. The SMILES string of the molecule is NCc1nc(N)nc(C(=NN)C(CCO)CCO)n1. The first kappa shape index (κ1) is 15.2. The molecule has 0 spiro atoms. The molecule has 106 valence electrons. The minimum absolute atomic E-state index is 0.0262. The van der Waals surface area contributed by atoms with Crippen LogP contribution in [0.2, 0.25) is 0 Å². The molecule has 0 saturated heterocycles. The molecule has 0 aliphatic heterocycles. The quantitative estimate of drug-likeness (QED) is 0.214. The maximum absolute atomic E-state index is 9.03. The molecule has 0 saturated carbocycles. The smallest absolute Gasteiger partial charge is 0.223 e. The predicted molar refractivity (Wildman–Crippen MR) is 69.8 cm³/mol. The Morgan fingerprint density at radius 1 is 1.16 bits per heavy atom. The Bertz CT molecular complexity index is 432. The highest BCUT2D eigenvalue weighted by molar-refractivity contribution is 5.99. The minimum atomic E-state index is -0.257. The van der Waals surface area contributed by atoms with Gasteiger partial charge in [-0.2, -0.15) is 15.1 Å². The summed E-state index contributed by atoms with van der Waals surface area (Å²) in [6, 6.07) is 0. The van der Waals surface area contributed by atoms with Crippen molar-refractivity contribution in [1.82, 2.24) is 15.0 Å². The summed E-state index contributed by atoms with van der Waals surface area (Å²) in [5, 5.41) is 21.7. The molecule has 0 aromatic carbocycles. The third-order valence-corrected chi connectivity index (χ3v) is 2.59. The van der Waals surface area contributed by atoms with Crippen molar-refractivity contribution in [2.75, 3.05) is 18.9 Å². The van der Waals surface area contributed by atoms with Gasteiger partial charge in [-0.1, -0.05) is 0 Å². The van der Waals surface area contributed by atoms with Crippen molar-refractivity contribution in [3.05, 3.63) is 11.6 Å². The molecule has 1 aromatic rings. The third-order valence-electron chi connectivity index (χ3n) is 2.59. The van der Waals surface area contributed by atoms with Crippen LogP contribution in [0.15, 0.2) is 5.10 Å². The molecule has 1 heterocycles. The summed E-state index contributed by atoms with van der Waals surface area (Å²) in [5.41, 5.74) is 11.4. The van der Waals surface area contributed by atoms with E-state index < -0.39 is 0 Å². The van der Waals surface area contributed by atoms with Crippen LogP contribution >= 0.6 is 0 Å². The number of hydrazone groups is 1. The molecule has 0 radical (unpaired) electrons. The van der Waals surface area contributed by atoms with E-state index in [1.165, 1.54) is 0 Å². The first-order valence-corrected chi connectivity index (χ1v) is 5.86. The van der Waals surface area contributed by atoms with E-state index in [2.05, 4.69) is 20.1 Å². The van der Waals surface area contributed by atoms with Crippen molar-refractivity contribution in [2.45, 2.75) is 19.4 Å². The van der Waals surface area contributed by atoms with E-state index in [-0.39, 0.29) is 37.4 Å². The monoisotopic (exact) mass is 269 g/mol. The maximum atomic E-state index is 9.03. The molecule has 19 heavy (non-hydrogen) atoms. The van der Waals surface area contributed by atoms with Crippen LogP contribution in [0.25, 0.3) is 0 Å². The molecular formula is C10H19N7O2. The molecule has 0 aliphatic rings. The molecule has 0 aliphatic carbocycles. The Kier molecular flexibility index (Phi) is 6.06. The van der Waals surface area contributed by atoms with E-state index in [1.807, 2.05) is 0 Å². The average molecular weight is 269 g/mol. The molecule has 0 atom stereocenters. The number of aromatic nitrogens is 3. The van der Waals surface area contributed by atoms with E-state index in [0.717, 1.165) is 0 Å². The topological polar surface area (TPSA) is 170 Å². The lowest BCUT2D eigenvalue weighted by molar-refractivity contribution is 0.239. The van der Waals surface area contributed by atoms with Gasteiger partial charge >= 0.3 is 0 Å². The number of nitrogen functional groups attached to an aromatic ring is 1. The van der Waals surface area contributed by atoms with Gasteiger partial charge in [-0.05, 0) is 12.8 Å². The highest BCUT2D eigenvalue weighted by Crippen LogP contribution is 2.15. The summed E-state index contributed by atoms with van der Waals surface area (Å²) in [4.78, 5) is 11.9. The molecule has 1 rings (SSSR count). The Hall–Kier alpha value is -1.84. The van der Waals surface area contributed by atoms with E-state index in [0.29, 0.717) is 24.4 Å². The van der Waals surface area contributed by atoms with Crippen LogP contribution in [0.5, 0.6) is 0 Å². The van der Waals surface area contributed by atoms with Gasteiger partial charge in [0.2, 0.25) is 5.95 Å². The summed E-state index contributed by atoms with van der Waals surface area (Å²) in [6.07, 6.45) is 0.778. The molecule has 0 fully saturated rings. The molecular weight excluding hydrogens is 250 g/mol. The van der Waals surface area contributed by atoms with Gasteiger partial charge in [0, 0.05) is 19.1 Å². The number of nitrogens with zero attached hydrogens (tertiary/aromatic N) is 4. The van der Waals surface area contributed by atoms with Gasteiger partial charge in [0.05, 0.1) is 6.54 Å². The summed E-state index contributed by atoms with van der Waals surface area (Å²) in [7, 11) is 0. The Morgan fingerprint density at radius 2 is 1.79 bits per heavy atom. The van der Waals surface area contributed by atoms with Gasteiger partial charge in [-0.15, -0.1) is 0 Å². The number of hydrogen-bond acceptors (Lipinski definition) is 9. The first-order chi connectivity index (χ1) is 9.15. The largest absolute Gasteiger partial charge is 0.396 e. The number of anilines is 1. The molecule has 0 unspecified atom stereocenters. The van der Waals surface area contributed by atoms with Crippen molar-refractivity contribution in [2.24, 2.45) is 22.6 Å². The summed E-state index contributed by atoms with van der Waals surface area (Å²) in [6.45, 7) is -0.00969. The highest BCUT2D eigenvalue weighted by atomic mass is 16.3. The molecule has 0 bridgehead atoms. The zero-order valence-electron chi connectivity index (χ0n) is 10.5. The normalized spacial score (nSPS) is 12.1. The predicted octanol–water partition coefficient (Wildman–Crippen LogP) is -2.04. The first-order valence-electron chi connectivity index (χ1n) is 5.86. The van der Waals surface area contributed by atoms with Crippen molar-refractivity contribution >= 4 is 11.7 Å². The van der Waals surface area contributed by atoms with Gasteiger partial charge in [-0.3, -0.25) is 0 Å². The minimum Gasteiger partial charge on any atom is -0.396 e. The number of rotatable bonds is 7. The maximum Gasteiger partial charge on any atom is 0.223 e. The van der Waals surface area contributed by atoms with Crippen molar-refractivity contribution < 1.29 is 10.2 Å². The Morgan fingerprint density at radius 3 is 2.26 bits per heavy atom. The van der Waals surface area contributed by atoms with Crippen molar-refractivity contribution in [1.29, 1.82) is 0 Å². The lowest BCUT2D eigenvalue weighted by atomic mass is 9.95. The number of aliphatic hydroxyl groups is 2. The fraction of sp³-hybridized carbons (Fsp3) is 0.600. The summed E-state index contributed by atoms with van der Waals surface area (Å²) >= 11 is 0. The highest BCUT2D eigenvalue weighted by Gasteiger charge is 2.21. The van der Waals surface area contributed by atoms with Crippen LogP contribution < -0.4 is 17.3 Å². The summed E-state index contributed by atoms with van der Waals surface area (Å²) < 4.78 is 0. The fourth-order valence-corrected chi connectivity index (χ4v) is 1.72. The van der Waals surface area contributed by atoms with Crippen LogP contribution in [-0.2, 0) is 6.54 Å². The Balaban J connectivity index is 3.10. The lowest BCUT2D eigenvalue weighted by Gasteiger charge is -2.16. The van der Waals surface area contributed by atoms with Gasteiger partial charge < -0.3 is 27.5 Å². The average Bonchev–Trinajstić information content (AvgIpc) is 2.39. The van der Waals surface area contributed by atoms with Crippen LogP contribution in [0.3, 0.4) is 0 Å². The van der Waals surface area contributed by atoms with Crippen molar-refractivity contribution in [3.8, 4) is 0 Å².